The zero-order chi connectivity index (χ0) is 21.5. The lowest BCUT2D eigenvalue weighted by molar-refractivity contribution is -0.169. The number of amides is 2. The summed E-state index contributed by atoms with van der Waals surface area (Å²) in [5.41, 5.74) is 0.729. The first-order chi connectivity index (χ1) is 13.6. The Hall–Kier alpha value is -2.77. The smallest absolute Gasteiger partial charge is 0.334 e. The van der Waals surface area contributed by atoms with Crippen LogP contribution in [0.25, 0.3) is 0 Å². The molecule has 0 saturated carbocycles. The minimum Gasteiger partial charge on any atom is -0.614 e. The van der Waals surface area contributed by atoms with E-state index in [9.17, 15) is 24.2 Å². The largest absolute Gasteiger partial charge is 0.614 e. The molecule has 2 fully saturated rings. The molecule has 0 radical (unpaired) electrons. The third-order valence-corrected chi connectivity index (χ3v) is 7.40. The highest BCUT2D eigenvalue weighted by molar-refractivity contribution is 7.94. The summed E-state index contributed by atoms with van der Waals surface area (Å²) < 4.78 is 22.4. The van der Waals surface area contributed by atoms with E-state index in [4.69, 9.17) is 9.47 Å². The van der Waals surface area contributed by atoms with Gasteiger partial charge >= 0.3 is 5.97 Å². The Morgan fingerprint density at radius 1 is 1.34 bits per heavy atom. The second-order valence-electron chi connectivity index (χ2n) is 7.33. The Labute approximate surface area is 171 Å². The molecule has 4 atom stereocenters. The van der Waals surface area contributed by atoms with Crippen LogP contribution in [0.5, 0.6) is 5.75 Å². The lowest BCUT2D eigenvalue weighted by atomic mass is 9.95. The van der Waals surface area contributed by atoms with Gasteiger partial charge in [-0.1, -0.05) is 12.1 Å². The van der Waals surface area contributed by atoms with Gasteiger partial charge in [-0.25, -0.2) is 9.69 Å². The van der Waals surface area contributed by atoms with Gasteiger partial charge in [0.2, 0.25) is 11.3 Å². The lowest BCUT2D eigenvalue weighted by Crippen LogP contribution is -2.71. The first-order valence-electron chi connectivity index (χ1n) is 8.87. The predicted molar refractivity (Wildman–Crippen MR) is 101 cm³/mol. The van der Waals surface area contributed by atoms with Gasteiger partial charge in [-0.3, -0.25) is 14.5 Å². The van der Waals surface area contributed by atoms with Crippen LogP contribution in [-0.4, -0.2) is 61.5 Å². The van der Waals surface area contributed by atoms with Crippen molar-refractivity contribution in [3.63, 3.8) is 0 Å². The minimum absolute atomic E-state index is 0.0179. The summed E-state index contributed by atoms with van der Waals surface area (Å²) in [4.78, 5) is 39.0. The summed E-state index contributed by atoms with van der Waals surface area (Å²) in [7, 11) is 1.55. The molecule has 0 aromatic heterocycles. The van der Waals surface area contributed by atoms with Crippen molar-refractivity contribution >= 4 is 29.0 Å². The first kappa shape index (κ1) is 21.0. The topological polar surface area (TPSA) is 123 Å². The fourth-order valence-electron chi connectivity index (χ4n) is 3.64. The van der Waals surface area contributed by atoms with Gasteiger partial charge in [-0.15, -0.1) is 0 Å². The third-order valence-electron chi connectivity index (χ3n) is 5.21. The summed E-state index contributed by atoms with van der Waals surface area (Å²) in [6, 6.07) is 4.73. The number of nitrogens with zero attached hydrogens (tertiary/aromatic N) is 3. The van der Waals surface area contributed by atoms with E-state index in [0.29, 0.717) is 10.6 Å². The van der Waals surface area contributed by atoms with E-state index in [-0.39, 0.29) is 6.61 Å². The molecule has 2 aliphatic heterocycles. The van der Waals surface area contributed by atoms with E-state index >= 15 is 0 Å². The zero-order valence-electron chi connectivity index (χ0n) is 16.4. The zero-order valence-corrected chi connectivity index (χ0v) is 17.3. The van der Waals surface area contributed by atoms with Gasteiger partial charge < -0.3 is 14.0 Å². The molecule has 2 saturated heterocycles. The molecule has 0 unspecified atom stereocenters. The van der Waals surface area contributed by atoms with Crippen LogP contribution in [0.15, 0.2) is 24.3 Å². The molecule has 9 nitrogen and oxygen atoms in total. The van der Waals surface area contributed by atoms with Crippen LogP contribution in [0.3, 0.4) is 0 Å². The molecule has 0 N–H and O–H groups in total. The van der Waals surface area contributed by atoms with Crippen LogP contribution in [-0.2, 0) is 36.9 Å². The number of fused-ring (bicyclic) bond motifs is 1. The highest BCUT2D eigenvalue weighted by Crippen LogP contribution is 2.47. The average molecular weight is 419 g/mol. The number of nitriles is 1. The van der Waals surface area contributed by atoms with Crippen molar-refractivity contribution in [3.8, 4) is 11.9 Å². The number of esters is 1. The molecule has 0 bridgehead atoms. The van der Waals surface area contributed by atoms with Crippen LogP contribution in [0, 0.1) is 11.5 Å². The fourth-order valence-corrected chi connectivity index (χ4v) is 5.60. The van der Waals surface area contributed by atoms with Gasteiger partial charge in [0.15, 0.2) is 23.0 Å². The molecule has 2 heterocycles. The van der Waals surface area contributed by atoms with E-state index in [1.807, 2.05) is 0 Å². The Morgan fingerprint density at radius 3 is 2.48 bits per heavy atom. The van der Waals surface area contributed by atoms with Gasteiger partial charge in [0, 0.05) is 6.92 Å². The number of benzene rings is 1. The number of carbonyl (C=O) groups excluding carboxylic acids is 3. The minimum atomic E-state index is -1.67. The Kier molecular flexibility index (Phi) is 5.47. The van der Waals surface area contributed by atoms with Crippen molar-refractivity contribution in [1.82, 2.24) is 9.80 Å². The van der Waals surface area contributed by atoms with E-state index in [2.05, 4.69) is 0 Å². The summed E-state index contributed by atoms with van der Waals surface area (Å²) in [6.07, 6.45) is 1.67. The van der Waals surface area contributed by atoms with E-state index < -0.39 is 51.2 Å². The van der Waals surface area contributed by atoms with Crippen molar-refractivity contribution in [2.24, 2.45) is 0 Å². The Morgan fingerprint density at radius 2 is 1.97 bits per heavy atom. The highest BCUT2D eigenvalue weighted by Gasteiger charge is 2.74. The number of ether oxygens (including phenoxy) is 2. The summed E-state index contributed by atoms with van der Waals surface area (Å²) >= 11 is -1.67. The second-order valence-corrected chi connectivity index (χ2v) is 9.46. The van der Waals surface area contributed by atoms with Crippen LogP contribution in [0.1, 0.15) is 26.3 Å². The van der Waals surface area contributed by atoms with Gasteiger partial charge in [0.05, 0.1) is 7.11 Å². The highest BCUT2D eigenvalue weighted by atomic mass is 32.2. The normalized spacial score (nSPS) is 26.8. The molecule has 2 amide bonds. The van der Waals surface area contributed by atoms with Gasteiger partial charge in [0.1, 0.15) is 12.4 Å². The van der Waals surface area contributed by atoms with Gasteiger partial charge in [-0.2, -0.15) is 5.26 Å². The molecule has 154 valence electrons. The fraction of sp³-hybridized carbons (Fsp3) is 0.474. The Bertz CT molecular complexity index is 881. The number of hydrogen-bond donors (Lipinski definition) is 0. The predicted octanol–water partition coefficient (Wildman–Crippen LogP) is 0.514. The molecule has 1 aromatic carbocycles. The quantitative estimate of drug-likeness (QED) is 0.224. The standard InChI is InChI=1S/C19H21N3O6S/c1-11(23)21(10-20)14-16(24)22-15(19(2,3)29(26)17(14)22)18(25)28-9-12-5-7-13(27-4)8-6-12/h5-8,14-15,17H,9H2,1-4H3/t14-,15+,17-,29-/m1/s1. The molecule has 10 heteroatoms. The van der Waals surface area contributed by atoms with Crippen molar-refractivity contribution in [2.45, 2.75) is 49.6 Å². The van der Waals surface area contributed by atoms with Crippen LogP contribution >= 0.6 is 0 Å². The third kappa shape index (κ3) is 3.30. The van der Waals surface area contributed by atoms with Crippen molar-refractivity contribution in [1.29, 1.82) is 5.26 Å². The van der Waals surface area contributed by atoms with Crippen molar-refractivity contribution in [2.75, 3.05) is 7.11 Å². The Balaban J connectivity index is 1.77. The molecule has 0 aliphatic carbocycles. The molecular weight excluding hydrogens is 398 g/mol. The van der Waals surface area contributed by atoms with E-state index in [1.165, 1.54) is 4.90 Å². The first-order valence-corrected chi connectivity index (χ1v) is 10.1. The maximum atomic E-state index is 13.0. The van der Waals surface area contributed by atoms with E-state index in [0.717, 1.165) is 12.5 Å². The maximum Gasteiger partial charge on any atom is 0.334 e. The lowest BCUT2D eigenvalue weighted by Gasteiger charge is -2.43. The van der Waals surface area contributed by atoms with Crippen molar-refractivity contribution < 1.29 is 28.4 Å². The maximum absolute atomic E-state index is 13.0. The van der Waals surface area contributed by atoms with Crippen LogP contribution in [0.2, 0.25) is 0 Å². The summed E-state index contributed by atoms with van der Waals surface area (Å²) in [5, 5.41) is 8.28. The van der Waals surface area contributed by atoms with Crippen molar-refractivity contribution in [3.05, 3.63) is 29.8 Å². The summed E-state index contributed by atoms with van der Waals surface area (Å²) in [5.74, 6) is -1.22. The molecular formula is C19H21N3O6S. The summed E-state index contributed by atoms with van der Waals surface area (Å²) in [6.45, 7) is 4.35. The number of β-lactam (4-membered cyclic amide) rings is 1. The van der Waals surface area contributed by atoms with Crippen LogP contribution < -0.4 is 4.74 Å². The average Bonchev–Trinajstić information content (AvgIpc) is 2.87. The molecule has 1 aromatic rings. The SMILES string of the molecule is COc1ccc(COC(=O)[C@@H]2N3C(=O)[C@@H](N(C#N)C(C)=O)[C@H]3[S@@+]([O-])C2(C)C)cc1. The number of methoxy groups -OCH3 is 1. The molecule has 0 spiro atoms. The van der Waals surface area contributed by atoms with Crippen LogP contribution in [0.4, 0.5) is 0 Å². The van der Waals surface area contributed by atoms with Gasteiger partial charge in [0.25, 0.3) is 5.91 Å². The number of carbonyl (C=O) groups is 3. The molecule has 3 rings (SSSR count). The number of hydrogen-bond acceptors (Lipinski definition) is 7. The van der Waals surface area contributed by atoms with E-state index in [1.54, 1.807) is 51.4 Å². The molecule has 29 heavy (non-hydrogen) atoms. The second kappa shape index (κ2) is 7.57. The van der Waals surface area contributed by atoms with Gasteiger partial charge in [-0.05, 0) is 42.7 Å². The number of rotatable bonds is 5. The monoisotopic (exact) mass is 419 g/mol. The molecule has 2 aliphatic rings.